The van der Waals surface area contributed by atoms with Gasteiger partial charge >= 0.3 is 11.9 Å². The van der Waals surface area contributed by atoms with Crippen LogP contribution in [-0.4, -0.2) is 45.4 Å². The number of hydrogen-bond acceptors (Lipinski definition) is 5. The molecule has 0 bridgehead atoms. The van der Waals surface area contributed by atoms with Crippen LogP contribution < -0.4 is 5.84 Å². The predicted molar refractivity (Wildman–Crippen MR) is 96.0 cm³/mol. The van der Waals surface area contributed by atoms with E-state index < -0.39 is 18.0 Å². The monoisotopic (exact) mass is 362 g/mol. The lowest BCUT2D eigenvalue weighted by Crippen LogP contribution is -2.40. The standard InChI is InChI=1S/C10H14N2O.C4H4O4.2H2S/c1-12(11)9-6-7-4-2-3-5-8(7)10(9)13;5-3(6)1-2-4(7)8;;/h2-5,9-10,13H,6,11H2,1H3;1-2H,(H,5,6)(H,7,8);2*1H2/b;2-1+;;/t9-,10-;;;/m0.../s1. The SMILES string of the molecule is CN(N)[C@H]1Cc2ccccc2[C@@H]1O.O=C(O)/C=C/C(=O)O.S.S. The number of carboxylic acids is 2. The van der Waals surface area contributed by atoms with Crippen LogP contribution in [0.2, 0.25) is 0 Å². The van der Waals surface area contributed by atoms with Crippen molar-refractivity contribution in [1.29, 1.82) is 0 Å². The molecule has 0 saturated heterocycles. The lowest BCUT2D eigenvalue weighted by Gasteiger charge is -2.21. The summed E-state index contributed by atoms with van der Waals surface area (Å²) in [7, 11) is 1.79. The quantitative estimate of drug-likeness (QED) is 0.348. The lowest BCUT2D eigenvalue weighted by atomic mass is 10.1. The molecule has 0 fully saturated rings. The van der Waals surface area contributed by atoms with Crippen molar-refractivity contribution in [3.8, 4) is 0 Å². The number of aliphatic hydroxyl groups is 1. The molecule has 2 rings (SSSR count). The Morgan fingerprint density at radius 2 is 1.65 bits per heavy atom. The minimum Gasteiger partial charge on any atom is -0.478 e. The molecule has 0 aliphatic heterocycles. The van der Waals surface area contributed by atoms with Crippen molar-refractivity contribution >= 4 is 38.9 Å². The highest BCUT2D eigenvalue weighted by Gasteiger charge is 2.32. The van der Waals surface area contributed by atoms with Crippen LogP contribution in [0.15, 0.2) is 36.4 Å². The smallest absolute Gasteiger partial charge is 0.328 e. The summed E-state index contributed by atoms with van der Waals surface area (Å²) in [5.74, 6) is 3.13. The number of carboxylic acid groups (broad SMARTS) is 2. The molecule has 0 radical (unpaired) electrons. The molecule has 0 saturated carbocycles. The van der Waals surface area contributed by atoms with E-state index in [2.05, 4.69) is 0 Å². The van der Waals surface area contributed by atoms with Crippen molar-refractivity contribution in [2.45, 2.75) is 18.6 Å². The molecule has 2 atom stereocenters. The van der Waals surface area contributed by atoms with Gasteiger partial charge in [0.2, 0.25) is 0 Å². The summed E-state index contributed by atoms with van der Waals surface area (Å²) in [6, 6.07) is 7.97. The van der Waals surface area contributed by atoms with Gasteiger partial charge in [-0.3, -0.25) is 5.84 Å². The van der Waals surface area contributed by atoms with Crippen LogP contribution in [0, 0.1) is 0 Å². The van der Waals surface area contributed by atoms with Crippen LogP contribution in [0.1, 0.15) is 17.2 Å². The minimum atomic E-state index is -1.26. The minimum absolute atomic E-state index is 0. The van der Waals surface area contributed by atoms with Crippen molar-refractivity contribution in [2.24, 2.45) is 5.84 Å². The Labute approximate surface area is 148 Å². The van der Waals surface area contributed by atoms with E-state index in [0.29, 0.717) is 12.2 Å². The van der Waals surface area contributed by atoms with Crippen molar-refractivity contribution in [1.82, 2.24) is 5.01 Å². The number of aliphatic hydroxyl groups excluding tert-OH is 1. The second kappa shape index (κ2) is 11.1. The molecular weight excluding hydrogens is 340 g/mol. The average Bonchev–Trinajstić information content (AvgIpc) is 2.75. The van der Waals surface area contributed by atoms with Gasteiger partial charge in [-0.25, -0.2) is 14.6 Å². The van der Waals surface area contributed by atoms with E-state index in [0.717, 1.165) is 12.0 Å². The summed E-state index contributed by atoms with van der Waals surface area (Å²) in [5.41, 5.74) is 2.22. The number of hydrogen-bond donors (Lipinski definition) is 4. The van der Waals surface area contributed by atoms with Gasteiger partial charge in [-0.1, -0.05) is 24.3 Å². The molecule has 7 nitrogen and oxygen atoms in total. The number of fused-ring (bicyclic) bond motifs is 1. The molecule has 1 aliphatic rings. The Bertz CT molecular complexity index is 536. The topological polar surface area (TPSA) is 124 Å². The first-order valence-corrected chi connectivity index (χ1v) is 6.20. The van der Waals surface area contributed by atoms with E-state index in [1.807, 2.05) is 24.3 Å². The molecule has 9 heteroatoms. The Kier molecular flexibility index (Phi) is 11.4. The molecule has 130 valence electrons. The molecule has 1 aromatic rings. The number of rotatable bonds is 3. The summed E-state index contributed by atoms with van der Waals surface area (Å²) in [4.78, 5) is 19.1. The largest absolute Gasteiger partial charge is 0.478 e. The number of likely N-dealkylation sites (N-methyl/N-ethyl adjacent to an activating group) is 1. The highest BCUT2D eigenvalue weighted by atomic mass is 32.1. The third-order valence-corrected chi connectivity index (χ3v) is 3.06. The van der Waals surface area contributed by atoms with Crippen LogP contribution in [0.5, 0.6) is 0 Å². The van der Waals surface area contributed by atoms with Crippen molar-refractivity contribution in [2.75, 3.05) is 7.05 Å². The van der Waals surface area contributed by atoms with Gasteiger partial charge in [-0.2, -0.15) is 27.0 Å². The maximum atomic E-state index is 9.89. The van der Waals surface area contributed by atoms with Crippen LogP contribution in [0.25, 0.3) is 0 Å². The molecule has 1 aromatic carbocycles. The molecule has 23 heavy (non-hydrogen) atoms. The zero-order valence-corrected chi connectivity index (χ0v) is 14.5. The predicted octanol–water partition coefficient (Wildman–Crippen LogP) is 0.388. The average molecular weight is 362 g/mol. The Morgan fingerprint density at radius 3 is 2.04 bits per heavy atom. The molecule has 0 aromatic heterocycles. The Morgan fingerprint density at radius 1 is 1.17 bits per heavy atom. The Hall–Kier alpha value is -1.52. The van der Waals surface area contributed by atoms with Gasteiger partial charge < -0.3 is 15.3 Å². The summed E-state index contributed by atoms with van der Waals surface area (Å²) in [6.07, 6.45) is 1.51. The summed E-state index contributed by atoms with van der Waals surface area (Å²) < 4.78 is 0. The summed E-state index contributed by atoms with van der Waals surface area (Å²) in [5, 5.41) is 27.1. The van der Waals surface area contributed by atoms with E-state index in [1.165, 1.54) is 5.56 Å². The van der Waals surface area contributed by atoms with E-state index >= 15 is 0 Å². The number of aliphatic carboxylic acids is 2. The first-order valence-electron chi connectivity index (χ1n) is 6.20. The molecule has 0 amide bonds. The van der Waals surface area contributed by atoms with Crippen molar-refractivity contribution in [3.63, 3.8) is 0 Å². The molecule has 0 heterocycles. The first-order chi connectivity index (χ1) is 9.82. The summed E-state index contributed by atoms with van der Waals surface area (Å²) >= 11 is 0. The highest BCUT2D eigenvalue weighted by Crippen LogP contribution is 2.32. The number of nitrogens with two attached hydrogens (primary N) is 1. The molecule has 1 aliphatic carbocycles. The Balaban J connectivity index is 0. The zero-order valence-electron chi connectivity index (χ0n) is 12.5. The van der Waals surface area contributed by atoms with Crippen LogP contribution in [-0.2, 0) is 16.0 Å². The number of benzene rings is 1. The molecule has 0 unspecified atom stereocenters. The third-order valence-electron chi connectivity index (χ3n) is 3.06. The fourth-order valence-electron chi connectivity index (χ4n) is 2.06. The lowest BCUT2D eigenvalue weighted by molar-refractivity contribution is -0.134. The molecule has 5 N–H and O–H groups in total. The fraction of sp³-hybridized carbons (Fsp3) is 0.286. The molecule has 0 spiro atoms. The fourth-order valence-corrected chi connectivity index (χ4v) is 2.06. The number of carbonyl (C=O) groups is 2. The second-order valence-corrected chi connectivity index (χ2v) is 4.59. The van der Waals surface area contributed by atoms with E-state index in [9.17, 15) is 14.7 Å². The van der Waals surface area contributed by atoms with Gasteiger partial charge in [-0.05, 0) is 17.5 Å². The van der Waals surface area contributed by atoms with Gasteiger partial charge in [0.25, 0.3) is 0 Å². The maximum absolute atomic E-state index is 9.89. The maximum Gasteiger partial charge on any atom is 0.328 e. The zero-order chi connectivity index (χ0) is 16.0. The summed E-state index contributed by atoms with van der Waals surface area (Å²) in [6.45, 7) is 0. The van der Waals surface area contributed by atoms with E-state index in [4.69, 9.17) is 16.1 Å². The van der Waals surface area contributed by atoms with Gasteiger partial charge in [0.1, 0.15) is 0 Å². The van der Waals surface area contributed by atoms with Crippen LogP contribution in [0.3, 0.4) is 0 Å². The highest BCUT2D eigenvalue weighted by molar-refractivity contribution is 7.59. The van der Waals surface area contributed by atoms with Crippen LogP contribution in [0.4, 0.5) is 0 Å². The van der Waals surface area contributed by atoms with Gasteiger partial charge in [0.05, 0.1) is 12.1 Å². The van der Waals surface area contributed by atoms with Crippen molar-refractivity contribution in [3.05, 3.63) is 47.5 Å². The normalized spacial score (nSPS) is 18.3. The number of nitrogens with zero attached hydrogens (tertiary/aromatic N) is 1. The van der Waals surface area contributed by atoms with Gasteiger partial charge in [-0.15, -0.1) is 0 Å². The van der Waals surface area contributed by atoms with E-state index in [1.54, 1.807) is 12.1 Å². The first kappa shape index (κ1) is 23.7. The van der Waals surface area contributed by atoms with Crippen molar-refractivity contribution < 1.29 is 24.9 Å². The van der Waals surface area contributed by atoms with Gasteiger partial charge in [0.15, 0.2) is 0 Å². The number of hydrazine groups is 1. The molecular formula is C14H22N2O5S2. The van der Waals surface area contributed by atoms with Crippen LogP contribution >= 0.6 is 27.0 Å². The second-order valence-electron chi connectivity index (χ2n) is 4.59. The van der Waals surface area contributed by atoms with Gasteiger partial charge in [0, 0.05) is 19.2 Å². The third kappa shape index (κ3) is 7.53. The van der Waals surface area contributed by atoms with E-state index in [-0.39, 0.29) is 33.0 Å².